The van der Waals surface area contributed by atoms with Crippen LogP contribution in [-0.4, -0.2) is 50.0 Å². The molecule has 0 radical (unpaired) electrons. The fourth-order valence-corrected chi connectivity index (χ4v) is 3.48. The average Bonchev–Trinajstić information content (AvgIpc) is 3.27. The number of carbonyl (C=O) groups excluding carboxylic acids is 2. The quantitative estimate of drug-likeness (QED) is 0.737. The molecule has 0 saturated carbocycles. The molecular formula is C22H27N3O3. The molecule has 2 amide bonds. The minimum absolute atomic E-state index is 0.0431. The van der Waals surface area contributed by atoms with Gasteiger partial charge in [-0.2, -0.15) is 0 Å². The van der Waals surface area contributed by atoms with Gasteiger partial charge in [0.25, 0.3) is 5.91 Å². The summed E-state index contributed by atoms with van der Waals surface area (Å²) in [7, 11) is 1.65. The maximum absolute atomic E-state index is 12.3. The number of ether oxygens (including phenoxy) is 1. The van der Waals surface area contributed by atoms with Crippen LogP contribution >= 0.6 is 0 Å². The summed E-state index contributed by atoms with van der Waals surface area (Å²) >= 11 is 0. The zero-order valence-electron chi connectivity index (χ0n) is 16.2. The zero-order valence-corrected chi connectivity index (χ0v) is 16.2. The van der Waals surface area contributed by atoms with Crippen molar-refractivity contribution in [2.24, 2.45) is 0 Å². The van der Waals surface area contributed by atoms with Crippen LogP contribution in [0.2, 0.25) is 0 Å². The Morgan fingerprint density at radius 1 is 1.04 bits per heavy atom. The van der Waals surface area contributed by atoms with E-state index in [0.29, 0.717) is 12.1 Å². The van der Waals surface area contributed by atoms with Gasteiger partial charge in [0, 0.05) is 12.1 Å². The molecule has 1 aliphatic heterocycles. The Labute approximate surface area is 165 Å². The van der Waals surface area contributed by atoms with Gasteiger partial charge in [0.05, 0.1) is 19.7 Å². The smallest absolute Gasteiger partial charge is 0.251 e. The lowest BCUT2D eigenvalue weighted by molar-refractivity contribution is -0.120. The second-order valence-corrected chi connectivity index (χ2v) is 6.89. The van der Waals surface area contributed by atoms with Gasteiger partial charge in [-0.1, -0.05) is 30.3 Å². The SMILES string of the molecule is COc1cccc(C(CNC(=O)CNC(=O)c2ccccc2)N2CCCC2)c1. The number of methoxy groups -OCH3 is 1. The van der Waals surface area contributed by atoms with E-state index in [1.807, 2.05) is 24.3 Å². The number of benzene rings is 2. The lowest BCUT2D eigenvalue weighted by Gasteiger charge is -2.28. The van der Waals surface area contributed by atoms with Crippen molar-refractivity contribution in [3.05, 3.63) is 65.7 Å². The van der Waals surface area contributed by atoms with Crippen molar-refractivity contribution in [2.75, 3.05) is 33.3 Å². The number of nitrogens with one attached hydrogen (secondary N) is 2. The first kappa shape index (κ1) is 19.9. The van der Waals surface area contributed by atoms with Crippen molar-refractivity contribution in [3.63, 3.8) is 0 Å². The summed E-state index contributed by atoms with van der Waals surface area (Å²) in [5, 5.41) is 5.63. The van der Waals surface area contributed by atoms with Gasteiger partial charge >= 0.3 is 0 Å². The topological polar surface area (TPSA) is 70.7 Å². The molecule has 2 aromatic rings. The summed E-state index contributed by atoms with van der Waals surface area (Å²) in [6.45, 7) is 2.48. The van der Waals surface area contributed by atoms with Gasteiger partial charge in [-0.15, -0.1) is 0 Å². The van der Waals surface area contributed by atoms with Crippen molar-refractivity contribution in [3.8, 4) is 5.75 Å². The van der Waals surface area contributed by atoms with Crippen LogP contribution in [0.1, 0.15) is 34.8 Å². The van der Waals surface area contributed by atoms with Gasteiger partial charge in [0.1, 0.15) is 5.75 Å². The third kappa shape index (κ3) is 5.33. The number of hydrogen-bond donors (Lipinski definition) is 2. The summed E-state index contributed by atoms with van der Waals surface area (Å²) in [6.07, 6.45) is 2.34. The van der Waals surface area contributed by atoms with Gasteiger partial charge < -0.3 is 15.4 Å². The first-order chi connectivity index (χ1) is 13.7. The number of rotatable bonds is 8. The van der Waals surface area contributed by atoms with Crippen LogP contribution in [0.15, 0.2) is 54.6 Å². The van der Waals surface area contributed by atoms with E-state index in [9.17, 15) is 9.59 Å². The summed E-state index contributed by atoms with van der Waals surface area (Å²) < 4.78 is 5.35. The normalized spacial score (nSPS) is 15.0. The number of amides is 2. The van der Waals surface area contributed by atoms with E-state index in [1.54, 1.807) is 31.4 Å². The monoisotopic (exact) mass is 381 g/mol. The summed E-state index contributed by atoms with van der Waals surface area (Å²) in [5.74, 6) is 0.360. The molecule has 6 nitrogen and oxygen atoms in total. The van der Waals surface area contributed by atoms with Crippen LogP contribution in [0, 0.1) is 0 Å². The van der Waals surface area contributed by atoms with E-state index >= 15 is 0 Å². The van der Waals surface area contributed by atoms with E-state index in [-0.39, 0.29) is 24.4 Å². The molecule has 2 N–H and O–H groups in total. The highest BCUT2D eigenvalue weighted by Crippen LogP contribution is 2.27. The third-order valence-corrected chi connectivity index (χ3v) is 5.00. The number of likely N-dealkylation sites (tertiary alicyclic amines) is 1. The number of nitrogens with zero attached hydrogens (tertiary/aromatic N) is 1. The molecule has 28 heavy (non-hydrogen) atoms. The maximum atomic E-state index is 12.3. The van der Waals surface area contributed by atoms with Crippen molar-refractivity contribution in [1.82, 2.24) is 15.5 Å². The molecule has 2 aromatic carbocycles. The molecule has 1 fully saturated rings. The molecule has 0 aliphatic carbocycles. The van der Waals surface area contributed by atoms with Crippen LogP contribution in [0.5, 0.6) is 5.75 Å². The van der Waals surface area contributed by atoms with Crippen molar-refractivity contribution in [2.45, 2.75) is 18.9 Å². The third-order valence-electron chi connectivity index (χ3n) is 5.00. The standard InChI is InChI=1S/C22H27N3O3/c1-28-19-11-7-10-18(14-19)20(25-12-5-6-13-25)15-23-21(26)16-24-22(27)17-8-3-2-4-9-17/h2-4,7-11,14,20H,5-6,12-13,15-16H2,1H3,(H,23,26)(H,24,27). The van der Waals surface area contributed by atoms with Gasteiger partial charge in [0.2, 0.25) is 5.91 Å². The number of hydrogen-bond acceptors (Lipinski definition) is 4. The highest BCUT2D eigenvalue weighted by atomic mass is 16.5. The fourth-order valence-electron chi connectivity index (χ4n) is 3.48. The van der Waals surface area contributed by atoms with Gasteiger partial charge in [-0.25, -0.2) is 0 Å². The highest BCUT2D eigenvalue weighted by Gasteiger charge is 2.24. The number of carbonyl (C=O) groups is 2. The Morgan fingerprint density at radius 3 is 2.50 bits per heavy atom. The second-order valence-electron chi connectivity index (χ2n) is 6.89. The molecule has 148 valence electrons. The molecule has 6 heteroatoms. The van der Waals surface area contributed by atoms with Crippen molar-refractivity contribution in [1.29, 1.82) is 0 Å². The van der Waals surface area contributed by atoms with Crippen LogP contribution in [0.25, 0.3) is 0 Å². The summed E-state index contributed by atoms with van der Waals surface area (Å²) in [4.78, 5) is 26.7. The highest BCUT2D eigenvalue weighted by molar-refractivity contribution is 5.96. The summed E-state index contributed by atoms with van der Waals surface area (Å²) in [5.41, 5.74) is 1.66. The van der Waals surface area contributed by atoms with E-state index in [4.69, 9.17) is 4.74 Å². The van der Waals surface area contributed by atoms with Gasteiger partial charge in [-0.3, -0.25) is 14.5 Å². The predicted molar refractivity (Wildman–Crippen MR) is 108 cm³/mol. The Hall–Kier alpha value is -2.86. The summed E-state index contributed by atoms with van der Waals surface area (Å²) in [6, 6.07) is 16.9. The Bertz CT molecular complexity index is 789. The van der Waals surface area contributed by atoms with Crippen LogP contribution in [0.3, 0.4) is 0 Å². The Kier molecular flexibility index (Phi) is 7.03. The minimum Gasteiger partial charge on any atom is -0.497 e. The van der Waals surface area contributed by atoms with Crippen LogP contribution in [0.4, 0.5) is 0 Å². The lowest BCUT2D eigenvalue weighted by Crippen LogP contribution is -2.41. The first-order valence-corrected chi connectivity index (χ1v) is 9.65. The predicted octanol–water partition coefficient (Wildman–Crippen LogP) is 2.38. The molecule has 1 aliphatic rings. The molecule has 1 saturated heterocycles. The fraction of sp³-hybridized carbons (Fsp3) is 0.364. The van der Waals surface area contributed by atoms with Gasteiger partial charge in [0.15, 0.2) is 0 Å². The average molecular weight is 381 g/mol. The molecule has 1 heterocycles. The van der Waals surface area contributed by atoms with E-state index < -0.39 is 0 Å². The molecule has 0 aromatic heterocycles. The van der Waals surface area contributed by atoms with Crippen LogP contribution in [-0.2, 0) is 4.79 Å². The molecule has 0 bridgehead atoms. The van der Waals surface area contributed by atoms with E-state index in [0.717, 1.165) is 24.4 Å². The molecule has 1 unspecified atom stereocenters. The van der Waals surface area contributed by atoms with E-state index in [2.05, 4.69) is 21.6 Å². The van der Waals surface area contributed by atoms with Crippen molar-refractivity contribution < 1.29 is 14.3 Å². The second kappa shape index (κ2) is 9.90. The van der Waals surface area contributed by atoms with Gasteiger partial charge in [-0.05, 0) is 55.8 Å². The zero-order chi connectivity index (χ0) is 19.8. The molecule has 0 spiro atoms. The van der Waals surface area contributed by atoms with E-state index in [1.165, 1.54) is 12.8 Å². The molecule has 1 atom stereocenters. The Morgan fingerprint density at radius 2 is 1.79 bits per heavy atom. The Balaban J connectivity index is 1.57. The first-order valence-electron chi connectivity index (χ1n) is 9.65. The minimum atomic E-state index is -0.250. The molecule has 3 rings (SSSR count). The molecular weight excluding hydrogens is 354 g/mol. The van der Waals surface area contributed by atoms with Crippen LogP contribution < -0.4 is 15.4 Å². The lowest BCUT2D eigenvalue weighted by atomic mass is 10.0. The largest absolute Gasteiger partial charge is 0.497 e. The van der Waals surface area contributed by atoms with Crippen molar-refractivity contribution >= 4 is 11.8 Å². The maximum Gasteiger partial charge on any atom is 0.251 e.